The van der Waals surface area contributed by atoms with E-state index in [0.717, 1.165) is 41.3 Å². The van der Waals surface area contributed by atoms with E-state index in [0.29, 0.717) is 0 Å². The van der Waals surface area contributed by atoms with Crippen LogP contribution in [0.5, 0.6) is 5.75 Å². The summed E-state index contributed by atoms with van der Waals surface area (Å²) in [6.07, 6.45) is 1.60. The third-order valence-electron chi connectivity index (χ3n) is 4.49. The van der Waals surface area contributed by atoms with Gasteiger partial charge in [0, 0.05) is 12.1 Å². The number of nitrogens with zero attached hydrogens (tertiary/aromatic N) is 2. The van der Waals surface area contributed by atoms with Crippen molar-refractivity contribution in [1.29, 1.82) is 0 Å². The third kappa shape index (κ3) is 2.71. The van der Waals surface area contributed by atoms with E-state index in [4.69, 9.17) is 9.52 Å². The highest BCUT2D eigenvalue weighted by atomic mass is 16.5. The van der Waals surface area contributed by atoms with Gasteiger partial charge in [0.1, 0.15) is 17.1 Å². The summed E-state index contributed by atoms with van der Waals surface area (Å²) in [6, 6.07) is 17.6. The minimum atomic E-state index is 0.259. The number of hydrogen-bond donors (Lipinski definition) is 1. The first-order valence-electron chi connectivity index (χ1n) is 8.08. The zero-order valence-corrected chi connectivity index (χ0v) is 13.4. The summed E-state index contributed by atoms with van der Waals surface area (Å²) in [6.45, 7) is 1.92. The zero-order valence-electron chi connectivity index (χ0n) is 13.4. The lowest BCUT2D eigenvalue weighted by Gasteiger charge is -2.15. The molecule has 2 aromatic carbocycles. The lowest BCUT2D eigenvalue weighted by atomic mass is 9.88. The van der Waals surface area contributed by atoms with Gasteiger partial charge >= 0.3 is 0 Å². The molecule has 0 amide bonds. The van der Waals surface area contributed by atoms with E-state index < -0.39 is 0 Å². The van der Waals surface area contributed by atoms with Gasteiger partial charge in [-0.2, -0.15) is 0 Å². The van der Waals surface area contributed by atoms with E-state index in [1.165, 1.54) is 5.56 Å². The monoisotopic (exact) mass is 318 g/mol. The van der Waals surface area contributed by atoms with Crippen molar-refractivity contribution in [2.24, 2.45) is 4.99 Å². The molecule has 1 aliphatic rings. The van der Waals surface area contributed by atoms with Gasteiger partial charge in [-0.15, -0.1) is 0 Å². The van der Waals surface area contributed by atoms with Gasteiger partial charge < -0.3 is 9.63 Å². The van der Waals surface area contributed by atoms with Crippen LogP contribution in [0, 0.1) is 6.92 Å². The number of fused-ring (bicyclic) bond motifs is 1. The van der Waals surface area contributed by atoms with E-state index in [2.05, 4.69) is 29.4 Å². The highest BCUT2D eigenvalue weighted by Gasteiger charge is 2.25. The Hall–Kier alpha value is -2.88. The molecule has 0 bridgehead atoms. The second kappa shape index (κ2) is 5.96. The quantitative estimate of drug-likeness (QED) is 0.754. The van der Waals surface area contributed by atoms with Crippen molar-refractivity contribution in [3.05, 3.63) is 77.2 Å². The van der Waals surface area contributed by atoms with Crippen LogP contribution in [0.3, 0.4) is 0 Å². The summed E-state index contributed by atoms with van der Waals surface area (Å²) in [5.74, 6) is 1.39. The summed E-state index contributed by atoms with van der Waals surface area (Å²) in [7, 11) is 0. The van der Waals surface area contributed by atoms with Crippen LogP contribution in [0.2, 0.25) is 0 Å². The number of aliphatic imine (C=N–C) groups is 1. The molecule has 4 rings (SSSR count). The number of aromatic nitrogens is 1. The van der Waals surface area contributed by atoms with Crippen molar-refractivity contribution in [2.75, 3.05) is 0 Å². The molecule has 24 heavy (non-hydrogen) atoms. The zero-order chi connectivity index (χ0) is 16.5. The number of benzene rings is 2. The minimum absolute atomic E-state index is 0.259. The van der Waals surface area contributed by atoms with Crippen LogP contribution in [-0.4, -0.2) is 16.0 Å². The molecule has 2 heterocycles. The summed E-state index contributed by atoms with van der Waals surface area (Å²) in [4.78, 5) is 4.85. The molecule has 0 saturated heterocycles. The molecule has 1 unspecified atom stereocenters. The molecule has 0 fully saturated rings. The molecule has 1 aromatic heterocycles. The number of phenols is 1. The average molecular weight is 318 g/mol. The van der Waals surface area contributed by atoms with E-state index in [1.807, 2.05) is 25.1 Å². The first-order chi connectivity index (χ1) is 11.7. The lowest BCUT2D eigenvalue weighted by molar-refractivity contribution is 0.373. The number of aromatic hydroxyl groups is 1. The summed E-state index contributed by atoms with van der Waals surface area (Å²) in [5.41, 5.74) is 4.94. The van der Waals surface area contributed by atoms with Gasteiger partial charge in [0.05, 0.1) is 0 Å². The van der Waals surface area contributed by atoms with Crippen LogP contribution in [0.1, 0.15) is 34.9 Å². The molecule has 1 N–H and O–H groups in total. The molecule has 0 spiro atoms. The Balaban J connectivity index is 1.80. The average Bonchev–Trinajstić information content (AvgIpc) is 2.84. The number of phenolic OH excluding ortho intramolecular Hbond substituents is 1. The van der Waals surface area contributed by atoms with Gasteiger partial charge in [-0.05, 0) is 54.7 Å². The molecule has 4 nitrogen and oxygen atoms in total. The Kier molecular flexibility index (Phi) is 3.65. The number of rotatable bonds is 2. The van der Waals surface area contributed by atoms with Crippen molar-refractivity contribution < 1.29 is 9.63 Å². The van der Waals surface area contributed by atoms with Crippen molar-refractivity contribution in [3.63, 3.8) is 0 Å². The molecule has 0 aliphatic carbocycles. The number of hydrogen-bond acceptors (Lipinski definition) is 4. The number of aryl methyl sites for hydroxylation is 1. The summed E-state index contributed by atoms with van der Waals surface area (Å²) < 4.78 is 5.52. The minimum Gasteiger partial charge on any atom is -0.508 e. The van der Waals surface area contributed by atoms with Crippen LogP contribution >= 0.6 is 0 Å². The van der Waals surface area contributed by atoms with Gasteiger partial charge in [0.15, 0.2) is 5.76 Å². The molecular weight excluding hydrogens is 300 g/mol. The van der Waals surface area contributed by atoms with Gasteiger partial charge in [-0.1, -0.05) is 35.5 Å². The van der Waals surface area contributed by atoms with Crippen molar-refractivity contribution >= 4 is 11.4 Å². The molecule has 3 aromatic rings. The highest BCUT2D eigenvalue weighted by Crippen LogP contribution is 2.36. The molecule has 1 aliphatic heterocycles. The van der Waals surface area contributed by atoms with E-state index in [-0.39, 0.29) is 11.7 Å². The van der Waals surface area contributed by atoms with E-state index in [1.54, 1.807) is 12.1 Å². The smallest absolute Gasteiger partial charge is 0.163 e. The Bertz CT molecular complexity index is 880. The van der Waals surface area contributed by atoms with Crippen LogP contribution in [0.15, 0.2) is 64.1 Å². The van der Waals surface area contributed by atoms with Gasteiger partial charge in [-0.3, -0.25) is 0 Å². The maximum Gasteiger partial charge on any atom is 0.163 e. The Morgan fingerprint density at radius 3 is 2.50 bits per heavy atom. The molecule has 0 radical (unpaired) electrons. The largest absolute Gasteiger partial charge is 0.508 e. The maximum atomic E-state index is 9.54. The first-order valence-corrected chi connectivity index (χ1v) is 8.08. The van der Waals surface area contributed by atoms with Gasteiger partial charge in [0.2, 0.25) is 0 Å². The highest BCUT2D eigenvalue weighted by molar-refractivity contribution is 6.03. The van der Waals surface area contributed by atoms with Crippen molar-refractivity contribution in [2.45, 2.75) is 25.7 Å². The van der Waals surface area contributed by atoms with Crippen LogP contribution in [0.4, 0.5) is 5.69 Å². The Morgan fingerprint density at radius 1 is 1.00 bits per heavy atom. The molecular formula is C20H18N2O2. The van der Waals surface area contributed by atoms with Crippen molar-refractivity contribution in [1.82, 2.24) is 5.16 Å². The predicted octanol–water partition coefficient (Wildman–Crippen LogP) is 4.54. The molecule has 120 valence electrons. The van der Waals surface area contributed by atoms with E-state index >= 15 is 0 Å². The second-order valence-corrected chi connectivity index (χ2v) is 6.16. The van der Waals surface area contributed by atoms with Crippen LogP contribution < -0.4 is 0 Å². The lowest BCUT2D eigenvalue weighted by Crippen LogP contribution is -2.09. The summed E-state index contributed by atoms with van der Waals surface area (Å²) >= 11 is 0. The van der Waals surface area contributed by atoms with Crippen LogP contribution in [0.25, 0.3) is 0 Å². The van der Waals surface area contributed by atoms with Gasteiger partial charge in [-0.25, -0.2) is 4.99 Å². The Labute approximate surface area is 140 Å². The fraction of sp³-hybridized carbons (Fsp3) is 0.200. The van der Waals surface area contributed by atoms with Gasteiger partial charge in [0.25, 0.3) is 0 Å². The SMILES string of the molecule is Cc1noc2c1N=C(c1ccc(O)cc1)CC(c1ccccc1)C2. The van der Waals surface area contributed by atoms with Crippen LogP contribution in [-0.2, 0) is 6.42 Å². The normalized spacial score (nSPS) is 17.0. The molecule has 4 heteroatoms. The predicted molar refractivity (Wildman–Crippen MR) is 93.0 cm³/mol. The first kappa shape index (κ1) is 14.7. The second-order valence-electron chi connectivity index (χ2n) is 6.16. The standard InChI is InChI=1S/C20H18N2O2/c1-13-20-19(24-22-13)12-16(14-5-3-2-4-6-14)11-18(21-20)15-7-9-17(23)10-8-15/h2-10,16,23H,11-12H2,1H3. The molecule has 0 saturated carbocycles. The third-order valence-corrected chi connectivity index (χ3v) is 4.49. The fourth-order valence-electron chi connectivity index (χ4n) is 3.20. The molecule has 1 atom stereocenters. The Morgan fingerprint density at radius 2 is 1.75 bits per heavy atom. The van der Waals surface area contributed by atoms with E-state index in [9.17, 15) is 5.11 Å². The fourth-order valence-corrected chi connectivity index (χ4v) is 3.20. The maximum absolute atomic E-state index is 9.54. The topological polar surface area (TPSA) is 58.6 Å². The van der Waals surface area contributed by atoms with Crippen molar-refractivity contribution in [3.8, 4) is 5.75 Å². The summed E-state index contributed by atoms with van der Waals surface area (Å²) in [5, 5.41) is 13.6.